The van der Waals surface area contributed by atoms with E-state index in [4.69, 9.17) is 27.9 Å². The van der Waals surface area contributed by atoms with Gasteiger partial charge in [-0.2, -0.15) is 0 Å². The van der Waals surface area contributed by atoms with Crippen molar-refractivity contribution in [2.24, 2.45) is 0 Å². The lowest BCUT2D eigenvalue weighted by Gasteiger charge is -2.45. The van der Waals surface area contributed by atoms with Crippen LogP contribution in [0.3, 0.4) is 0 Å². The summed E-state index contributed by atoms with van der Waals surface area (Å²) in [6.07, 6.45) is -0.232. The second-order valence-electron chi connectivity index (χ2n) is 8.36. The number of nitrogens with zero attached hydrogens (tertiary/aromatic N) is 1. The molecule has 1 saturated heterocycles. The molecule has 4 heteroatoms. The van der Waals surface area contributed by atoms with Gasteiger partial charge in [0, 0.05) is 34.3 Å². The maximum atomic E-state index is 6.66. The minimum Gasteiger partial charge on any atom is -0.363 e. The highest BCUT2D eigenvalue weighted by Gasteiger charge is 2.37. The summed E-state index contributed by atoms with van der Waals surface area (Å²) in [6, 6.07) is 37.2. The normalized spacial score (nSPS) is 14.5. The number of hydrogen-bond acceptors (Lipinski definition) is 2. The summed E-state index contributed by atoms with van der Waals surface area (Å²) in [7, 11) is 0. The zero-order valence-electron chi connectivity index (χ0n) is 18.1. The zero-order chi connectivity index (χ0) is 22.6. The highest BCUT2D eigenvalue weighted by molar-refractivity contribution is 6.32. The van der Waals surface area contributed by atoms with Crippen LogP contribution in [0.4, 0.5) is 0 Å². The molecular weight excluding hydrogens is 449 g/mol. The van der Waals surface area contributed by atoms with Gasteiger partial charge in [-0.3, -0.25) is 4.90 Å². The molecule has 0 unspecified atom stereocenters. The van der Waals surface area contributed by atoms with Crippen molar-refractivity contribution in [2.45, 2.75) is 18.2 Å². The first-order valence-electron chi connectivity index (χ1n) is 11.2. The van der Waals surface area contributed by atoms with Crippen LogP contribution in [-0.4, -0.2) is 24.1 Å². The van der Waals surface area contributed by atoms with Gasteiger partial charge in [0.25, 0.3) is 0 Å². The first-order valence-corrected chi connectivity index (χ1v) is 11.9. The van der Waals surface area contributed by atoms with Crippen LogP contribution < -0.4 is 0 Å². The van der Waals surface area contributed by atoms with Crippen LogP contribution in [0.1, 0.15) is 34.4 Å². The van der Waals surface area contributed by atoms with Crippen LogP contribution in [0.15, 0.2) is 109 Å². The molecule has 0 N–H and O–H groups in total. The van der Waals surface area contributed by atoms with Gasteiger partial charge in [0.2, 0.25) is 0 Å². The Balaban J connectivity index is 1.39. The number of likely N-dealkylation sites (tertiary alicyclic amines) is 1. The third-order valence-electron chi connectivity index (χ3n) is 6.18. The van der Waals surface area contributed by atoms with Gasteiger partial charge in [-0.1, -0.05) is 120 Å². The summed E-state index contributed by atoms with van der Waals surface area (Å²) in [5.41, 5.74) is 4.45. The molecule has 2 nitrogen and oxygen atoms in total. The Labute approximate surface area is 205 Å². The van der Waals surface area contributed by atoms with Crippen LogP contribution in [0.25, 0.3) is 0 Å². The molecule has 1 aliphatic heterocycles. The van der Waals surface area contributed by atoms with Crippen molar-refractivity contribution in [1.29, 1.82) is 0 Å². The van der Waals surface area contributed by atoms with Gasteiger partial charge < -0.3 is 4.74 Å². The van der Waals surface area contributed by atoms with E-state index in [1.54, 1.807) is 0 Å². The highest BCUT2D eigenvalue weighted by atomic mass is 35.5. The molecule has 0 aromatic heterocycles. The molecule has 33 heavy (non-hydrogen) atoms. The molecule has 1 heterocycles. The van der Waals surface area contributed by atoms with E-state index in [9.17, 15) is 0 Å². The Morgan fingerprint density at radius 3 is 1.48 bits per heavy atom. The lowest BCUT2D eigenvalue weighted by molar-refractivity contribution is -0.0909. The Morgan fingerprint density at radius 2 is 1.03 bits per heavy atom. The molecule has 0 radical (unpaired) electrons. The summed E-state index contributed by atoms with van der Waals surface area (Å²) in [5.74, 6) is 0. The van der Waals surface area contributed by atoms with E-state index in [1.165, 1.54) is 11.1 Å². The van der Waals surface area contributed by atoms with Crippen molar-refractivity contribution in [3.63, 3.8) is 0 Å². The second kappa shape index (κ2) is 10.1. The Bertz CT molecular complexity index is 1110. The topological polar surface area (TPSA) is 12.5 Å². The van der Waals surface area contributed by atoms with Crippen LogP contribution in [0.2, 0.25) is 10.0 Å². The fourth-order valence-corrected chi connectivity index (χ4v) is 5.00. The molecule has 0 bridgehead atoms. The fourth-order valence-electron chi connectivity index (χ4n) is 4.53. The lowest BCUT2D eigenvalue weighted by atomic mass is 9.93. The van der Waals surface area contributed by atoms with Gasteiger partial charge in [-0.05, 0) is 23.3 Å². The first kappa shape index (κ1) is 22.2. The Hall–Kier alpha value is -2.62. The summed E-state index contributed by atoms with van der Waals surface area (Å²) >= 11 is 13.1. The third-order valence-corrected chi connectivity index (χ3v) is 6.86. The first-order chi connectivity index (χ1) is 16.2. The number of ether oxygens (including phenoxy) is 1. The molecule has 0 atom stereocenters. The Kier molecular flexibility index (Phi) is 6.80. The van der Waals surface area contributed by atoms with E-state index in [0.29, 0.717) is 10.0 Å². The minimum absolute atomic E-state index is 0.0810. The van der Waals surface area contributed by atoms with Crippen molar-refractivity contribution >= 4 is 23.2 Å². The Morgan fingerprint density at radius 1 is 0.606 bits per heavy atom. The number of hydrogen-bond donors (Lipinski definition) is 0. The van der Waals surface area contributed by atoms with E-state index in [1.807, 2.05) is 48.5 Å². The monoisotopic (exact) mass is 473 g/mol. The summed E-state index contributed by atoms with van der Waals surface area (Å²) in [4.78, 5) is 2.46. The van der Waals surface area contributed by atoms with E-state index in [0.717, 1.165) is 24.2 Å². The van der Waals surface area contributed by atoms with Crippen LogP contribution in [0.5, 0.6) is 0 Å². The van der Waals surface area contributed by atoms with E-state index in [-0.39, 0.29) is 18.2 Å². The standard InChI is InChI=1S/C29H25Cl2NO/c30-26-17-9-7-15-24(26)29(25-16-8-10-18-27(25)31)33-23-19-32(20-23)28(21-11-3-1-4-12-21)22-13-5-2-6-14-22/h1-18,23,28-29H,19-20H2. The summed E-state index contributed by atoms with van der Waals surface area (Å²) < 4.78 is 6.66. The quantitative estimate of drug-likeness (QED) is 0.274. The van der Waals surface area contributed by atoms with Gasteiger partial charge in [-0.25, -0.2) is 0 Å². The van der Waals surface area contributed by atoms with Gasteiger partial charge >= 0.3 is 0 Å². The predicted molar refractivity (Wildman–Crippen MR) is 136 cm³/mol. The van der Waals surface area contributed by atoms with Gasteiger partial charge in [-0.15, -0.1) is 0 Å². The van der Waals surface area contributed by atoms with Crippen molar-refractivity contribution < 1.29 is 4.74 Å². The van der Waals surface area contributed by atoms with Crippen LogP contribution >= 0.6 is 23.2 Å². The van der Waals surface area contributed by atoms with E-state index < -0.39 is 0 Å². The average Bonchev–Trinajstić information content (AvgIpc) is 2.83. The smallest absolute Gasteiger partial charge is 0.111 e. The molecule has 0 aliphatic carbocycles. The lowest BCUT2D eigenvalue weighted by Crippen LogP contribution is -2.54. The molecule has 0 amide bonds. The van der Waals surface area contributed by atoms with Gasteiger partial charge in [0.05, 0.1) is 12.1 Å². The fraction of sp³-hybridized carbons (Fsp3) is 0.172. The number of benzene rings is 4. The van der Waals surface area contributed by atoms with Crippen molar-refractivity contribution in [3.05, 3.63) is 141 Å². The van der Waals surface area contributed by atoms with Crippen LogP contribution in [0, 0.1) is 0 Å². The molecule has 1 fully saturated rings. The molecule has 166 valence electrons. The predicted octanol–water partition coefficient (Wildman–Crippen LogP) is 7.57. The third kappa shape index (κ3) is 4.85. The van der Waals surface area contributed by atoms with Gasteiger partial charge in [0.1, 0.15) is 6.10 Å². The largest absolute Gasteiger partial charge is 0.363 e. The molecule has 4 aromatic rings. The number of rotatable bonds is 7. The maximum Gasteiger partial charge on any atom is 0.111 e. The van der Waals surface area contributed by atoms with Crippen molar-refractivity contribution in [3.8, 4) is 0 Å². The maximum absolute atomic E-state index is 6.66. The van der Waals surface area contributed by atoms with Gasteiger partial charge in [0.15, 0.2) is 0 Å². The number of halogens is 2. The van der Waals surface area contributed by atoms with Crippen molar-refractivity contribution in [2.75, 3.05) is 13.1 Å². The molecule has 4 aromatic carbocycles. The SMILES string of the molecule is Clc1ccccc1C(OC1CN(C(c2ccccc2)c2ccccc2)C1)c1ccccc1Cl. The minimum atomic E-state index is -0.313. The van der Waals surface area contributed by atoms with E-state index in [2.05, 4.69) is 65.6 Å². The molecule has 1 aliphatic rings. The van der Waals surface area contributed by atoms with Crippen LogP contribution in [-0.2, 0) is 4.74 Å². The average molecular weight is 474 g/mol. The van der Waals surface area contributed by atoms with Crippen molar-refractivity contribution in [1.82, 2.24) is 4.90 Å². The second-order valence-corrected chi connectivity index (χ2v) is 9.17. The summed E-state index contributed by atoms with van der Waals surface area (Å²) in [6.45, 7) is 1.67. The molecular formula is C29H25Cl2NO. The zero-order valence-corrected chi connectivity index (χ0v) is 19.7. The summed E-state index contributed by atoms with van der Waals surface area (Å²) in [5, 5.41) is 1.37. The molecule has 0 saturated carbocycles. The highest BCUT2D eigenvalue weighted by Crippen LogP contribution is 2.39. The molecule has 0 spiro atoms. The molecule has 5 rings (SSSR count). The van der Waals surface area contributed by atoms with E-state index >= 15 is 0 Å².